The summed E-state index contributed by atoms with van der Waals surface area (Å²) in [6.45, 7) is 0. The average molecular weight is 789 g/mol. The van der Waals surface area contributed by atoms with Crippen LogP contribution < -0.4 is 0 Å². The van der Waals surface area contributed by atoms with E-state index < -0.39 is 0 Å². The molecule has 0 spiro atoms. The molecule has 9 aromatic carbocycles. The summed E-state index contributed by atoms with van der Waals surface area (Å²) in [5.74, 6) is 0. The highest BCUT2D eigenvalue weighted by Crippen LogP contribution is 2.42. The van der Waals surface area contributed by atoms with Crippen LogP contribution in [0.25, 0.3) is 111 Å². The van der Waals surface area contributed by atoms with Crippen LogP contribution in [0.1, 0.15) is 0 Å². The minimum absolute atomic E-state index is 0.928. The summed E-state index contributed by atoms with van der Waals surface area (Å²) < 4.78 is 0. The smallest absolute Gasteiger partial charge is 0.0728 e. The fourth-order valence-corrected chi connectivity index (χ4v) is 8.73. The zero-order valence-corrected chi connectivity index (χ0v) is 34.0. The number of fused-ring (bicyclic) bond motifs is 3. The fourth-order valence-electron chi connectivity index (χ4n) is 8.73. The van der Waals surface area contributed by atoms with Crippen molar-refractivity contribution < 1.29 is 0 Å². The normalized spacial score (nSPS) is 11.2. The summed E-state index contributed by atoms with van der Waals surface area (Å²) in [4.78, 5) is 10.7. The first-order valence-corrected chi connectivity index (χ1v) is 21.1. The molecule has 62 heavy (non-hydrogen) atoms. The molecule has 0 N–H and O–H groups in total. The number of hydrogen-bond acceptors (Lipinski definition) is 2. The van der Waals surface area contributed by atoms with Crippen LogP contribution >= 0.6 is 0 Å². The molecule has 2 aromatic heterocycles. The number of nitrogens with zero attached hydrogens (tertiary/aromatic N) is 2. The predicted molar refractivity (Wildman–Crippen MR) is 261 cm³/mol. The zero-order chi connectivity index (χ0) is 41.2. The van der Waals surface area contributed by atoms with Crippen LogP contribution in [-0.4, -0.2) is 9.97 Å². The Morgan fingerprint density at radius 1 is 0.210 bits per heavy atom. The lowest BCUT2D eigenvalue weighted by Crippen LogP contribution is -1.94. The largest absolute Gasteiger partial charge is 0.248 e. The van der Waals surface area contributed by atoms with Gasteiger partial charge in [0.25, 0.3) is 0 Å². The Balaban J connectivity index is 1.06. The van der Waals surface area contributed by atoms with Crippen molar-refractivity contribution in [3.63, 3.8) is 0 Å². The maximum absolute atomic E-state index is 5.38. The maximum Gasteiger partial charge on any atom is 0.0728 e. The van der Waals surface area contributed by atoms with Gasteiger partial charge in [0.05, 0.1) is 22.6 Å². The molecule has 0 radical (unpaired) electrons. The first-order valence-electron chi connectivity index (χ1n) is 21.1. The summed E-state index contributed by atoms with van der Waals surface area (Å²) in [6.07, 6.45) is 0. The van der Waals surface area contributed by atoms with Crippen LogP contribution in [0.4, 0.5) is 0 Å². The molecule has 0 bridgehead atoms. The molecule has 11 rings (SSSR count). The topological polar surface area (TPSA) is 25.8 Å². The molecule has 0 unspecified atom stereocenters. The van der Waals surface area contributed by atoms with Gasteiger partial charge in [-0.2, -0.15) is 0 Å². The molecule has 2 heterocycles. The maximum atomic E-state index is 5.38. The molecule has 0 aliphatic carbocycles. The van der Waals surface area contributed by atoms with Gasteiger partial charge in [-0.3, -0.25) is 0 Å². The van der Waals surface area contributed by atoms with Gasteiger partial charge in [0.2, 0.25) is 0 Å². The third kappa shape index (κ3) is 7.14. The van der Waals surface area contributed by atoms with Crippen molar-refractivity contribution in [3.8, 4) is 89.4 Å². The van der Waals surface area contributed by atoms with Crippen LogP contribution in [0.2, 0.25) is 0 Å². The number of rotatable bonds is 8. The highest BCUT2D eigenvalue weighted by atomic mass is 14.7. The van der Waals surface area contributed by atoms with E-state index in [0.717, 1.165) is 66.9 Å². The molecule has 2 nitrogen and oxygen atoms in total. The van der Waals surface area contributed by atoms with Gasteiger partial charge in [-0.15, -0.1) is 0 Å². The highest BCUT2D eigenvalue weighted by Gasteiger charge is 2.17. The molecule has 290 valence electrons. The Morgan fingerprint density at radius 2 is 0.613 bits per heavy atom. The first-order chi connectivity index (χ1) is 30.7. The van der Waals surface area contributed by atoms with E-state index in [4.69, 9.17) is 9.97 Å². The number of pyridine rings is 2. The summed E-state index contributed by atoms with van der Waals surface area (Å²) >= 11 is 0. The van der Waals surface area contributed by atoms with Gasteiger partial charge in [-0.05, 0) is 96.7 Å². The molecule has 0 fully saturated rings. The summed E-state index contributed by atoms with van der Waals surface area (Å²) in [7, 11) is 0. The molecule has 0 saturated carbocycles. The van der Waals surface area contributed by atoms with Crippen molar-refractivity contribution in [3.05, 3.63) is 243 Å². The fraction of sp³-hybridized carbons (Fsp3) is 0. The van der Waals surface area contributed by atoms with E-state index in [2.05, 4.69) is 243 Å². The van der Waals surface area contributed by atoms with Gasteiger partial charge in [-0.25, -0.2) is 9.97 Å². The van der Waals surface area contributed by atoms with E-state index >= 15 is 0 Å². The second-order valence-electron chi connectivity index (χ2n) is 15.7. The Bertz CT molecular complexity index is 3240. The van der Waals surface area contributed by atoms with E-state index in [0.29, 0.717) is 0 Å². The molecule has 11 aromatic rings. The zero-order valence-electron chi connectivity index (χ0n) is 34.0. The van der Waals surface area contributed by atoms with Gasteiger partial charge in [-0.1, -0.05) is 212 Å². The number of hydrogen-bond donors (Lipinski definition) is 0. The summed E-state index contributed by atoms with van der Waals surface area (Å²) in [6, 6.07) is 86.5. The van der Waals surface area contributed by atoms with E-state index in [-0.39, 0.29) is 0 Å². The second-order valence-corrected chi connectivity index (χ2v) is 15.7. The van der Waals surface area contributed by atoms with Gasteiger partial charge in [0.1, 0.15) is 0 Å². The minimum Gasteiger partial charge on any atom is -0.248 e. The minimum atomic E-state index is 0.928. The van der Waals surface area contributed by atoms with Crippen molar-refractivity contribution >= 4 is 21.7 Å². The third-order valence-corrected chi connectivity index (χ3v) is 11.9. The van der Waals surface area contributed by atoms with E-state index in [1.54, 1.807) is 0 Å². The first kappa shape index (κ1) is 36.8. The Labute approximate surface area is 362 Å². The molecule has 0 atom stereocenters. The number of aromatic nitrogens is 2. The van der Waals surface area contributed by atoms with Crippen LogP contribution in [0.3, 0.4) is 0 Å². The van der Waals surface area contributed by atoms with Crippen molar-refractivity contribution in [2.45, 2.75) is 0 Å². The van der Waals surface area contributed by atoms with Crippen LogP contribution in [0.15, 0.2) is 243 Å². The average Bonchev–Trinajstić information content (AvgIpc) is 3.37. The third-order valence-electron chi connectivity index (χ3n) is 11.9. The summed E-state index contributed by atoms with van der Waals surface area (Å²) in [5, 5.41) is 3.53. The molecule has 0 aliphatic heterocycles. The van der Waals surface area contributed by atoms with Gasteiger partial charge < -0.3 is 0 Å². The quantitative estimate of drug-likeness (QED) is 0.143. The molecule has 0 aliphatic rings. The predicted octanol–water partition coefficient (Wildman–Crippen LogP) is 16.1. The van der Waals surface area contributed by atoms with Crippen molar-refractivity contribution in [1.82, 2.24) is 9.97 Å². The highest BCUT2D eigenvalue weighted by molar-refractivity contribution is 6.18. The standard InChI is InChI=1S/C60H40N2/c1-5-16-41(17-6-1)43-28-32-47(33-29-43)56-37-51(38-57(61-56)48-34-30-44(31-35-48)42-18-7-2-8-19-42)49-24-15-25-50(36-49)54-39-59-60(53-27-14-13-26-52(53)54)55(45-20-9-3-10-21-45)40-58(62-59)46-22-11-4-12-23-46/h1-40H. The van der Waals surface area contributed by atoms with Gasteiger partial charge in [0, 0.05) is 22.1 Å². The monoisotopic (exact) mass is 788 g/mol. The molecule has 0 saturated heterocycles. The van der Waals surface area contributed by atoms with E-state index in [1.165, 1.54) is 44.2 Å². The Morgan fingerprint density at radius 3 is 1.18 bits per heavy atom. The molecular weight excluding hydrogens is 749 g/mol. The lowest BCUT2D eigenvalue weighted by atomic mass is 9.89. The Hall–Kier alpha value is -8.20. The molecular formula is C60H40N2. The molecule has 0 amide bonds. The lowest BCUT2D eigenvalue weighted by Gasteiger charge is -2.17. The lowest BCUT2D eigenvalue weighted by molar-refractivity contribution is 1.32. The van der Waals surface area contributed by atoms with Crippen LogP contribution in [-0.2, 0) is 0 Å². The number of benzene rings is 9. The van der Waals surface area contributed by atoms with Crippen molar-refractivity contribution in [2.24, 2.45) is 0 Å². The Kier molecular flexibility index (Phi) is 9.57. The van der Waals surface area contributed by atoms with Crippen molar-refractivity contribution in [2.75, 3.05) is 0 Å². The second kappa shape index (κ2) is 16.1. The summed E-state index contributed by atoms with van der Waals surface area (Å²) in [5.41, 5.74) is 18.6. The van der Waals surface area contributed by atoms with E-state index in [1.807, 2.05) is 0 Å². The van der Waals surface area contributed by atoms with Crippen molar-refractivity contribution in [1.29, 1.82) is 0 Å². The SMILES string of the molecule is c1ccc(-c2ccc(-c3cc(-c4cccc(-c5cc6nc(-c7ccccc7)cc(-c7ccccc7)c6c6ccccc56)c4)cc(-c4ccc(-c5ccccc5)cc4)n3)cc2)cc1. The van der Waals surface area contributed by atoms with Crippen LogP contribution in [0, 0.1) is 0 Å². The van der Waals surface area contributed by atoms with Gasteiger partial charge >= 0.3 is 0 Å². The van der Waals surface area contributed by atoms with E-state index in [9.17, 15) is 0 Å². The molecule has 2 heteroatoms. The van der Waals surface area contributed by atoms with Gasteiger partial charge in [0.15, 0.2) is 0 Å². The van der Waals surface area contributed by atoms with Crippen LogP contribution in [0.5, 0.6) is 0 Å².